The second-order valence-electron chi connectivity index (χ2n) is 16.8. The average Bonchev–Trinajstić information content (AvgIpc) is 3.12. The molecule has 2 aromatic heterocycles. The number of benzene rings is 3. The summed E-state index contributed by atoms with van der Waals surface area (Å²) in [5, 5.41) is 4.99. The third-order valence-corrected chi connectivity index (χ3v) is 12.5. The Bertz CT molecular complexity index is 2300. The summed E-state index contributed by atoms with van der Waals surface area (Å²) in [5.41, 5.74) is -2.58. The number of Topliss-reactive ketones (excluding diaryl/α,β-unsaturated/α-hetero) is 1. The van der Waals surface area contributed by atoms with Crippen molar-refractivity contribution in [3.8, 4) is 0 Å². The molecular weight excluding hydrogens is 794 g/mol. The number of ketones is 1. The third kappa shape index (κ3) is 9.69. The highest BCUT2D eigenvalue weighted by molar-refractivity contribution is 9.10. The van der Waals surface area contributed by atoms with Gasteiger partial charge in [0.1, 0.15) is 23.3 Å². The summed E-state index contributed by atoms with van der Waals surface area (Å²) in [4.78, 5) is 71.9. The van der Waals surface area contributed by atoms with E-state index in [1.54, 1.807) is 25.2 Å². The minimum Gasteiger partial charge on any atom is -0.464 e. The van der Waals surface area contributed by atoms with Gasteiger partial charge >= 0.3 is 11.9 Å². The lowest BCUT2D eigenvalue weighted by Gasteiger charge is -2.38. The van der Waals surface area contributed by atoms with Gasteiger partial charge in [0.05, 0.1) is 5.41 Å². The summed E-state index contributed by atoms with van der Waals surface area (Å²) in [5.74, 6) is -0.909. The van der Waals surface area contributed by atoms with E-state index in [0.29, 0.717) is 49.7 Å². The van der Waals surface area contributed by atoms with Crippen LogP contribution in [0.15, 0.2) is 58.1 Å². The molecule has 0 N–H and O–H groups in total. The van der Waals surface area contributed by atoms with Crippen LogP contribution in [-0.4, -0.2) is 90.9 Å². The maximum absolute atomic E-state index is 13.7. The van der Waals surface area contributed by atoms with Crippen LogP contribution in [0, 0.1) is 10.8 Å². The molecule has 12 heteroatoms. The molecule has 56 heavy (non-hydrogen) atoms. The molecule has 302 valence electrons. The minimum absolute atomic E-state index is 0.0217. The zero-order valence-electron chi connectivity index (χ0n) is 34.1. The van der Waals surface area contributed by atoms with Crippen molar-refractivity contribution < 1.29 is 23.9 Å². The maximum atomic E-state index is 13.7. The van der Waals surface area contributed by atoms with Crippen LogP contribution < -0.4 is 11.1 Å². The van der Waals surface area contributed by atoms with Crippen LogP contribution in [0.25, 0.3) is 41.7 Å². The zero-order valence-corrected chi connectivity index (χ0v) is 36.5. The summed E-state index contributed by atoms with van der Waals surface area (Å²) >= 11 is 5.22. The predicted octanol–water partition coefficient (Wildman–Crippen LogP) is 8.02. The molecule has 0 aliphatic rings. The normalized spacial score (nSPS) is 14.6. The highest BCUT2D eigenvalue weighted by Crippen LogP contribution is 2.45. The first-order valence-electron chi connectivity index (χ1n) is 19.5. The van der Waals surface area contributed by atoms with Gasteiger partial charge in [0.15, 0.2) is 0 Å². The van der Waals surface area contributed by atoms with Gasteiger partial charge in [0, 0.05) is 62.4 Å². The molecule has 10 nitrogen and oxygen atoms in total. The third-order valence-electron chi connectivity index (χ3n) is 10.8. The van der Waals surface area contributed by atoms with E-state index in [0.717, 1.165) is 43.8 Å². The Morgan fingerprint density at radius 2 is 1.25 bits per heavy atom. The van der Waals surface area contributed by atoms with Gasteiger partial charge in [-0.3, -0.25) is 28.5 Å². The van der Waals surface area contributed by atoms with Gasteiger partial charge in [-0.25, -0.2) is 0 Å². The summed E-state index contributed by atoms with van der Waals surface area (Å²) in [7, 11) is 7.57. The number of unbranched alkanes of at least 4 members (excludes halogenated alkanes) is 3. The molecule has 2 heterocycles. The SMILES string of the molecule is CN(C)CCOC(=O)C(C)(Br)CC(C)(CC(C)(C)C(=O)CCCCCCn1c(=O)c2ccc3sc4ccccc4c4ccc(c1=O)c2c34)C(=O)OCCN(C)C. The molecule has 0 saturated carbocycles. The Labute approximate surface area is 341 Å². The first kappa shape index (κ1) is 43.4. The summed E-state index contributed by atoms with van der Waals surface area (Å²) in [6.07, 6.45) is 3.34. The number of aromatic nitrogens is 1. The number of esters is 2. The van der Waals surface area contributed by atoms with Crippen molar-refractivity contribution in [1.29, 1.82) is 0 Å². The Balaban J connectivity index is 1.21. The van der Waals surface area contributed by atoms with Crippen molar-refractivity contribution in [2.24, 2.45) is 10.8 Å². The molecule has 5 aromatic rings. The van der Waals surface area contributed by atoms with E-state index in [1.165, 1.54) is 4.57 Å². The van der Waals surface area contributed by atoms with E-state index in [2.05, 4.69) is 28.1 Å². The van der Waals surface area contributed by atoms with Crippen molar-refractivity contribution >= 4 is 86.7 Å². The number of likely N-dealkylation sites (N-methyl/N-ethyl adjacent to an activating group) is 2. The summed E-state index contributed by atoms with van der Waals surface area (Å²) < 4.78 is 13.6. The number of fused-ring (bicyclic) bond motifs is 2. The lowest BCUT2D eigenvalue weighted by atomic mass is 9.67. The smallest absolute Gasteiger partial charge is 0.322 e. The number of hydrogen-bond acceptors (Lipinski definition) is 10. The van der Waals surface area contributed by atoms with Crippen molar-refractivity contribution in [1.82, 2.24) is 14.4 Å². The van der Waals surface area contributed by atoms with Crippen LogP contribution in [0.4, 0.5) is 0 Å². The number of alkyl halides is 1. The number of hydrogen-bond donors (Lipinski definition) is 0. The molecule has 0 saturated heterocycles. The van der Waals surface area contributed by atoms with E-state index >= 15 is 0 Å². The fourth-order valence-electron chi connectivity index (χ4n) is 7.91. The monoisotopic (exact) mass is 849 g/mol. The molecular formula is C44H56BrN3O7S. The first-order valence-corrected chi connectivity index (χ1v) is 21.1. The molecule has 2 unspecified atom stereocenters. The molecule has 3 aromatic carbocycles. The Morgan fingerprint density at radius 3 is 1.89 bits per heavy atom. The van der Waals surface area contributed by atoms with Gasteiger partial charge in [-0.15, -0.1) is 11.3 Å². The number of halogens is 1. The number of carbonyl (C=O) groups is 3. The van der Waals surface area contributed by atoms with E-state index < -0.39 is 27.1 Å². The fourth-order valence-corrected chi connectivity index (χ4v) is 9.77. The number of carbonyl (C=O) groups excluding carboxylic acids is 3. The average molecular weight is 851 g/mol. The molecule has 2 atom stereocenters. The van der Waals surface area contributed by atoms with Crippen LogP contribution in [0.3, 0.4) is 0 Å². The van der Waals surface area contributed by atoms with Gasteiger partial charge in [-0.05, 0) is 103 Å². The standard InChI is InChI=1S/C44H56BrN3O7S/c1-42(2,27-43(3,40(52)54-25-23-46(5)6)28-44(4,45)41(53)55-26-24-47(7)8)35(49)17-11-9-10-14-22-48-38(50)31-19-18-30-29-15-12-13-16-33(29)56-34-21-20-32(39(48)51)36(31)37(30)34/h12-13,15-16,18-21H,9-11,14,17,22-28H2,1-8H3. The topological polar surface area (TPSA) is 115 Å². The van der Waals surface area contributed by atoms with E-state index in [4.69, 9.17) is 9.47 Å². The Kier molecular flexibility index (Phi) is 13.8. The van der Waals surface area contributed by atoms with Gasteiger partial charge < -0.3 is 19.3 Å². The van der Waals surface area contributed by atoms with E-state index in [1.807, 2.05) is 88.2 Å². The van der Waals surface area contributed by atoms with Gasteiger partial charge in [0.2, 0.25) is 0 Å². The molecule has 0 amide bonds. The number of rotatable bonds is 20. The van der Waals surface area contributed by atoms with E-state index in [-0.39, 0.29) is 43.0 Å². The fraction of sp³-hybridized carbons (Fsp3) is 0.523. The second-order valence-corrected chi connectivity index (χ2v) is 19.7. The van der Waals surface area contributed by atoms with Gasteiger partial charge in [0.25, 0.3) is 11.1 Å². The molecule has 0 spiro atoms. The van der Waals surface area contributed by atoms with Crippen LogP contribution >= 0.6 is 27.3 Å². The first-order chi connectivity index (χ1) is 26.4. The summed E-state index contributed by atoms with van der Waals surface area (Å²) in [6, 6.07) is 15.9. The Morgan fingerprint density at radius 1 is 0.679 bits per heavy atom. The van der Waals surface area contributed by atoms with Crippen molar-refractivity contribution in [2.45, 2.75) is 83.5 Å². The second kappa shape index (κ2) is 17.8. The van der Waals surface area contributed by atoms with Crippen LogP contribution in [-0.2, 0) is 30.4 Å². The summed E-state index contributed by atoms with van der Waals surface area (Å²) in [6.45, 7) is 8.97. The molecule has 0 aliphatic heterocycles. The minimum atomic E-state index is -1.18. The molecule has 0 aliphatic carbocycles. The quantitative estimate of drug-likeness (QED) is 0.0253. The van der Waals surface area contributed by atoms with Crippen molar-refractivity contribution in [3.63, 3.8) is 0 Å². The van der Waals surface area contributed by atoms with Crippen LogP contribution in [0.2, 0.25) is 0 Å². The lowest BCUT2D eigenvalue weighted by molar-refractivity contribution is -0.160. The number of pyridine rings is 1. The van der Waals surface area contributed by atoms with Gasteiger partial charge in [-0.2, -0.15) is 0 Å². The van der Waals surface area contributed by atoms with Crippen LogP contribution in [0.5, 0.6) is 0 Å². The molecule has 5 rings (SSSR count). The Hall–Kier alpha value is -3.71. The zero-order chi connectivity index (χ0) is 41.0. The predicted molar refractivity (Wildman–Crippen MR) is 232 cm³/mol. The lowest BCUT2D eigenvalue weighted by Crippen LogP contribution is -2.45. The molecule has 0 radical (unpaired) electrons. The highest BCUT2D eigenvalue weighted by atomic mass is 79.9. The van der Waals surface area contributed by atoms with E-state index in [9.17, 15) is 24.0 Å². The van der Waals surface area contributed by atoms with Gasteiger partial charge in [-0.1, -0.05) is 66.9 Å². The molecule has 0 fully saturated rings. The maximum Gasteiger partial charge on any atom is 0.322 e. The highest BCUT2D eigenvalue weighted by Gasteiger charge is 2.49. The largest absolute Gasteiger partial charge is 0.464 e. The number of nitrogens with zero attached hydrogens (tertiary/aromatic N) is 3. The molecule has 0 bridgehead atoms. The van der Waals surface area contributed by atoms with Crippen molar-refractivity contribution in [2.75, 3.05) is 54.5 Å². The number of ether oxygens (including phenoxy) is 2. The van der Waals surface area contributed by atoms with Crippen molar-refractivity contribution in [3.05, 3.63) is 69.2 Å². The van der Waals surface area contributed by atoms with Crippen LogP contribution in [0.1, 0.15) is 72.6 Å².